The van der Waals surface area contributed by atoms with Gasteiger partial charge in [0.1, 0.15) is 5.65 Å². The number of primary amides is 1. The van der Waals surface area contributed by atoms with Crippen molar-refractivity contribution in [1.29, 1.82) is 0 Å². The zero-order valence-corrected chi connectivity index (χ0v) is 14.0. The molecule has 3 rings (SSSR count). The number of fused-ring (bicyclic) bond motifs is 1. The fourth-order valence-corrected chi connectivity index (χ4v) is 3.80. The average Bonchev–Trinajstić information content (AvgIpc) is 2.53. The summed E-state index contributed by atoms with van der Waals surface area (Å²) >= 11 is 0. The second kappa shape index (κ2) is 6.69. The molecule has 0 radical (unpaired) electrons. The number of aromatic amines is 1. The maximum Gasteiger partial charge on any atom is 0.421 e. The third-order valence-corrected chi connectivity index (χ3v) is 4.95. The molecular formula is C14H17N5O5S. The molecule has 0 spiro atoms. The smallest absolute Gasteiger partial charge is 0.371 e. The molecular weight excluding hydrogens is 350 g/mol. The van der Waals surface area contributed by atoms with Crippen LogP contribution in [-0.4, -0.2) is 43.6 Å². The van der Waals surface area contributed by atoms with E-state index in [9.17, 15) is 18.0 Å². The number of nitrogens with two attached hydrogens (primary N) is 1. The zero-order chi connectivity index (χ0) is 18.0. The van der Waals surface area contributed by atoms with Gasteiger partial charge in [-0.1, -0.05) is 0 Å². The van der Waals surface area contributed by atoms with E-state index < -0.39 is 16.4 Å². The van der Waals surface area contributed by atoms with E-state index in [-0.39, 0.29) is 11.6 Å². The van der Waals surface area contributed by atoms with Gasteiger partial charge in [0.05, 0.1) is 0 Å². The first-order chi connectivity index (χ1) is 11.8. The van der Waals surface area contributed by atoms with Gasteiger partial charge in [0, 0.05) is 42.5 Å². The minimum absolute atomic E-state index is 0.222. The number of hydrogen-bond donors (Lipinski definition) is 3. The lowest BCUT2D eigenvalue weighted by Gasteiger charge is -2.34. The Balaban J connectivity index is 1.71. The Kier molecular flexibility index (Phi) is 4.59. The molecule has 10 nitrogen and oxygen atoms in total. The van der Waals surface area contributed by atoms with Gasteiger partial charge < -0.3 is 19.8 Å². The van der Waals surface area contributed by atoms with E-state index in [1.54, 1.807) is 12.3 Å². The summed E-state index contributed by atoms with van der Waals surface area (Å²) in [5.41, 5.74) is 5.92. The number of carbonyl (C=O) groups is 1. The van der Waals surface area contributed by atoms with E-state index in [0.29, 0.717) is 31.6 Å². The Labute approximate surface area is 143 Å². The van der Waals surface area contributed by atoms with E-state index in [1.807, 2.05) is 6.07 Å². The predicted molar refractivity (Wildman–Crippen MR) is 90.3 cm³/mol. The van der Waals surface area contributed by atoms with Gasteiger partial charge in [-0.15, -0.1) is 0 Å². The molecule has 2 aromatic rings. The molecule has 1 aliphatic heterocycles. The third kappa shape index (κ3) is 4.06. The van der Waals surface area contributed by atoms with Crippen molar-refractivity contribution in [3.8, 4) is 0 Å². The Morgan fingerprint density at radius 2 is 2.04 bits per heavy atom. The summed E-state index contributed by atoms with van der Waals surface area (Å²) < 4.78 is 29.5. The van der Waals surface area contributed by atoms with Crippen LogP contribution in [0.5, 0.6) is 0 Å². The molecule has 11 heteroatoms. The molecule has 1 aliphatic rings. The fourth-order valence-electron chi connectivity index (χ4n) is 2.89. The summed E-state index contributed by atoms with van der Waals surface area (Å²) in [5, 5.41) is 0.818. The third-order valence-electron chi connectivity index (χ3n) is 3.95. The highest BCUT2D eigenvalue weighted by molar-refractivity contribution is 7.85. The Morgan fingerprint density at radius 3 is 2.72 bits per heavy atom. The van der Waals surface area contributed by atoms with Crippen LogP contribution in [0.4, 0.5) is 10.5 Å². The fraction of sp³-hybridized carbons (Fsp3) is 0.357. The number of hydrogen-bond acceptors (Lipinski definition) is 7. The summed E-state index contributed by atoms with van der Waals surface area (Å²) in [6.07, 6.45) is 1.29. The molecule has 0 saturated carbocycles. The molecule has 0 unspecified atom stereocenters. The minimum atomic E-state index is -4.19. The van der Waals surface area contributed by atoms with Crippen molar-refractivity contribution >= 4 is 33.1 Å². The van der Waals surface area contributed by atoms with Crippen LogP contribution in [0.1, 0.15) is 12.8 Å². The van der Waals surface area contributed by atoms with Crippen molar-refractivity contribution in [3.05, 3.63) is 34.7 Å². The molecule has 3 heterocycles. The molecule has 25 heavy (non-hydrogen) atoms. The maximum absolute atomic E-state index is 11.6. The normalized spacial score (nSPS) is 16.1. The lowest BCUT2D eigenvalue weighted by Crippen LogP contribution is -2.45. The van der Waals surface area contributed by atoms with Crippen molar-refractivity contribution in [2.45, 2.75) is 18.9 Å². The van der Waals surface area contributed by atoms with Crippen LogP contribution in [-0.2, 0) is 14.5 Å². The minimum Gasteiger partial charge on any atom is -0.371 e. The Morgan fingerprint density at radius 1 is 1.32 bits per heavy atom. The van der Waals surface area contributed by atoms with Crippen molar-refractivity contribution in [2.75, 3.05) is 18.0 Å². The van der Waals surface area contributed by atoms with Gasteiger partial charge in [0.25, 0.3) is 0 Å². The first-order valence-electron chi connectivity index (χ1n) is 7.58. The molecule has 134 valence electrons. The van der Waals surface area contributed by atoms with E-state index in [4.69, 9.17) is 5.73 Å². The Bertz CT molecular complexity index is 949. The van der Waals surface area contributed by atoms with E-state index >= 15 is 0 Å². The number of H-pyrrole nitrogens is 1. The molecule has 1 amide bonds. The van der Waals surface area contributed by atoms with Crippen LogP contribution in [0.2, 0.25) is 0 Å². The number of nitrogens with zero attached hydrogens (tertiary/aromatic N) is 2. The monoisotopic (exact) mass is 367 g/mol. The molecule has 0 bridgehead atoms. The van der Waals surface area contributed by atoms with Gasteiger partial charge >= 0.3 is 16.4 Å². The van der Waals surface area contributed by atoms with Crippen molar-refractivity contribution < 1.29 is 17.4 Å². The number of amides is 1. The summed E-state index contributed by atoms with van der Waals surface area (Å²) in [6, 6.07) is 4.65. The topological polar surface area (TPSA) is 147 Å². The summed E-state index contributed by atoms with van der Waals surface area (Å²) in [5.74, 6) is 0. The molecule has 4 N–H and O–H groups in total. The van der Waals surface area contributed by atoms with Crippen LogP contribution in [0.3, 0.4) is 0 Å². The highest BCUT2D eigenvalue weighted by Crippen LogP contribution is 2.26. The molecule has 1 fully saturated rings. The predicted octanol–water partition coefficient (Wildman–Crippen LogP) is -0.178. The maximum atomic E-state index is 11.6. The van der Waals surface area contributed by atoms with Crippen LogP contribution in [0.25, 0.3) is 11.0 Å². The number of carbonyl (C=O) groups excluding carboxylic acids is 1. The van der Waals surface area contributed by atoms with Gasteiger partial charge in [0.15, 0.2) is 0 Å². The van der Waals surface area contributed by atoms with Gasteiger partial charge in [-0.25, -0.2) is 9.78 Å². The number of anilines is 1. The first-order valence-corrected chi connectivity index (χ1v) is 8.99. The van der Waals surface area contributed by atoms with Gasteiger partial charge in [-0.05, 0) is 25.0 Å². The van der Waals surface area contributed by atoms with Crippen LogP contribution >= 0.6 is 0 Å². The quantitative estimate of drug-likeness (QED) is 0.679. The molecule has 1 saturated heterocycles. The first kappa shape index (κ1) is 17.2. The van der Waals surface area contributed by atoms with Crippen molar-refractivity contribution in [3.63, 3.8) is 0 Å². The average molecular weight is 367 g/mol. The summed E-state index contributed by atoms with van der Waals surface area (Å²) in [6.45, 7) is 1.17. The SMILES string of the molecule is NC(=O)OS(=O)(=O)NC1CCN(c2ccnc3[nH]c(=O)ccc23)CC1. The van der Waals surface area contributed by atoms with Crippen molar-refractivity contribution in [2.24, 2.45) is 5.73 Å². The van der Waals surface area contributed by atoms with E-state index in [1.165, 1.54) is 6.07 Å². The number of nitrogens with one attached hydrogen (secondary N) is 2. The number of rotatable bonds is 4. The van der Waals surface area contributed by atoms with Crippen LogP contribution in [0, 0.1) is 0 Å². The number of pyridine rings is 2. The van der Waals surface area contributed by atoms with Crippen LogP contribution in [0.15, 0.2) is 29.2 Å². The molecule has 0 aromatic carbocycles. The van der Waals surface area contributed by atoms with Gasteiger partial charge in [-0.3, -0.25) is 4.79 Å². The largest absolute Gasteiger partial charge is 0.421 e. The van der Waals surface area contributed by atoms with Crippen molar-refractivity contribution in [1.82, 2.24) is 14.7 Å². The number of aromatic nitrogens is 2. The van der Waals surface area contributed by atoms with Crippen LogP contribution < -0.4 is 20.9 Å². The van der Waals surface area contributed by atoms with Gasteiger partial charge in [-0.2, -0.15) is 13.1 Å². The van der Waals surface area contributed by atoms with E-state index in [0.717, 1.165) is 11.1 Å². The lowest BCUT2D eigenvalue weighted by molar-refractivity contribution is 0.211. The van der Waals surface area contributed by atoms with Gasteiger partial charge in [0.2, 0.25) is 5.56 Å². The second-order valence-electron chi connectivity index (χ2n) is 5.65. The molecule has 2 aromatic heterocycles. The number of piperidine rings is 1. The zero-order valence-electron chi connectivity index (χ0n) is 13.1. The lowest BCUT2D eigenvalue weighted by atomic mass is 10.0. The molecule has 0 aliphatic carbocycles. The van der Waals surface area contributed by atoms with E-state index in [2.05, 4.69) is 23.8 Å². The molecule has 0 atom stereocenters. The summed E-state index contributed by atoms with van der Waals surface area (Å²) in [7, 11) is -4.19. The second-order valence-corrected chi connectivity index (χ2v) is 6.96. The highest BCUT2D eigenvalue weighted by atomic mass is 32.2. The summed E-state index contributed by atoms with van der Waals surface area (Å²) in [4.78, 5) is 30.9. The standard InChI is InChI=1S/C14H17N5O5S/c15-14(21)24-25(22,23)18-9-4-7-19(8-5-9)11-3-6-16-13-10(11)1-2-12(20)17-13/h1-3,6,9,18H,4-5,7-8H2,(H2,15,21)(H,16,17,20). The highest BCUT2D eigenvalue weighted by Gasteiger charge is 2.26. The Hall–Kier alpha value is -2.66.